The predicted octanol–water partition coefficient (Wildman–Crippen LogP) is 2.83. The molecule has 1 amide bonds. The van der Waals surface area contributed by atoms with Crippen molar-refractivity contribution in [1.29, 1.82) is 0 Å². The number of nitrogens with zero attached hydrogens (tertiary/aromatic N) is 5. The van der Waals surface area contributed by atoms with Crippen LogP contribution in [0.3, 0.4) is 0 Å². The lowest BCUT2D eigenvalue weighted by Gasteiger charge is -2.23. The van der Waals surface area contributed by atoms with Crippen LogP contribution in [0.2, 0.25) is 0 Å². The lowest BCUT2D eigenvalue weighted by atomic mass is 9.84. The quantitative estimate of drug-likeness (QED) is 0.616. The summed E-state index contributed by atoms with van der Waals surface area (Å²) >= 11 is 0. The van der Waals surface area contributed by atoms with Crippen LogP contribution in [-0.4, -0.2) is 30.3 Å². The Balaban J connectivity index is 1.66. The Labute approximate surface area is 150 Å². The van der Waals surface area contributed by atoms with Gasteiger partial charge in [0.05, 0.1) is 5.41 Å². The first kappa shape index (κ1) is 16.0. The summed E-state index contributed by atoms with van der Waals surface area (Å²) in [5, 5.41) is 11.4. The van der Waals surface area contributed by atoms with Crippen molar-refractivity contribution in [2.45, 2.75) is 19.3 Å². The number of carbonyl (C=O) groups excluding carboxylic acids is 1. The van der Waals surface area contributed by atoms with Gasteiger partial charge in [0, 0.05) is 18.6 Å². The average Bonchev–Trinajstić information content (AvgIpc) is 3.31. The van der Waals surface area contributed by atoms with Crippen LogP contribution in [0.25, 0.3) is 11.3 Å². The number of anilines is 1. The van der Waals surface area contributed by atoms with E-state index in [-0.39, 0.29) is 11.9 Å². The number of fused-ring (bicyclic) bond motifs is 1. The standard InChI is InChI=1S/C19H18N6O/c1-19(2,14-8-4-3-5-9-14)17(26)22-18-21-16-15(24-13-7-11-20-24)10-6-12-25(16)23-18/h3-13H,1-2H3,(H,22,23,26). The van der Waals surface area contributed by atoms with Crippen LogP contribution in [-0.2, 0) is 10.2 Å². The summed E-state index contributed by atoms with van der Waals surface area (Å²) in [6.45, 7) is 3.76. The molecule has 0 saturated heterocycles. The Morgan fingerprint density at radius 3 is 2.58 bits per heavy atom. The normalized spacial score (nSPS) is 11.6. The fraction of sp³-hybridized carbons (Fsp3) is 0.158. The van der Waals surface area contributed by atoms with Crippen LogP contribution in [0, 0.1) is 0 Å². The number of pyridine rings is 1. The molecule has 0 aliphatic rings. The van der Waals surface area contributed by atoms with E-state index >= 15 is 0 Å². The summed E-state index contributed by atoms with van der Waals surface area (Å²) in [5.41, 5.74) is 1.62. The lowest BCUT2D eigenvalue weighted by Crippen LogP contribution is -2.35. The number of amides is 1. The zero-order chi connectivity index (χ0) is 18.1. The van der Waals surface area contributed by atoms with Gasteiger partial charge in [0.25, 0.3) is 0 Å². The Morgan fingerprint density at radius 2 is 1.85 bits per heavy atom. The van der Waals surface area contributed by atoms with Gasteiger partial charge in [-0.25, -0.2) is 9.20 Å². The third-order valence-electron chi connectivity index (χ3n) is 4.38. The van der Waals surface area contributed by atoms with Gasteiger partial charge in [0.15, 0.2) is 5.65 Å². The summed E-state index contributed by atoms with van der Waals surface area (Å²) < 4.78 is 3.34. The first-order valence-corrected chi connectivity index (χ1v) is 8.28. The highest BCUT2D eigenvalue weighted by atomic mass is 16.2. The first-order valence-electron chi connectivity index (χ1n) is 8.28. The van der Waals surface area contributed by atoms with Crippen molar-refractivity contribution >= 4 is 17.5 Å². The maximum atomic E-state index is 12.8. The second-order valence-corrected chi connectivity index (χ2v) is 6.49. The van der Waals surface area contributed by atoms with E-state index in [0.717, 1.165) is 11.3 Å². The smallest absolute Gasteiger partial charge is 0.249 e. The molecule has 4 aromatic rings. The van der Waals surface area contributed by atoms with Crippen molar-refractivity contribution < 1.29 is 4.79 Å². The van der Waals surface area contributed by atoms with Crippen LogP contribution < -0.4 is 5.32 Å². The van der Waals surface area contributed by atoms with E-state index in [9.17, 15) is 4.79 Å². The van der Waals surface area contributed by atoms with E-state index in [0.29, 0.717) is 5.65 Å². The lowest BCUT2D eigenvalue weighted by molar-refractivity contribution is -0.120. The highest BCUT2D eigenvalue weighted by Crippen LogP contribution is 2.24. The maximum Gasteiger partial charge on any atom is 0.249 e. The number of hydrogen-bond acceptors (Lipinski definition) is 4. The van der Waals surface area contributed by atoms with Gasteiger partial charge >= 0.3 is 0 Å². The molecule has 0 radical (unpaired) electrons. The summed E-state index contributed by atoms with van der Waals surface area (Å²) in [6.07, 6.45) is 5.32. The van der Waals surface area contributed by atoms with Gasteiger partial charge in [-0.3, -0.25) is 10.1 Å². The van der Waals surface area contributed by atoms with Crippen LogP contribution in [0.4, 0.5) is 5.95 Å². The third kappa shape index (κ3) is 2.73. The van der Waals surface area contributed by atoms with E-state index in [4.69, 9.17) is 0 Å². The van der Waals surface area contributed by atoms with Crippen LogP contribution >= 0.6 is 0 Å². The zero-order valence-corrected chi connectivity index (χ0v) is 14.5. The van der Waals surface area contributed by atoms with Gasteiger partial charge in [0.2, 0.25) is 11.9 Å². The van der Waals surface area contributed by atoms with Gasteiger partial charge in [-0.15, -0.1) is 5.10 Å². The fourth-order valence-electron chi connectivity index (χ4n) is 2.78. The van der Waals surface area contributed by atoms with Gasteiger partial charge in [-0.2, -0.15) is 10.1 Å². The number of hydrogen-bond donors (Lipinski definition) is 1. The van der Waals surface area contributed by atoms with Crippen molar-refractivity contribution in [3.63, 3.8) is 0 Å². The predicted molar refractivity (Wildman–Crippen MR) is 98.2 cm³/mol. The molecule has 0 fully saturated rings. The molecule has 0 aliphatic heterocycles. The molecule has 3 aromatic heterocycles. The topological polar surface area (TPSA) is 77.1 Å². The van der Waals surface area contributed by atoms with Gasteiger partial charge in [-0.05, 0) is 37.6 Å². The van der Waals surface area contributed by atoms with Crippen molar-refractivity contribution in [1.82, 2.24) is 24.4 Å². The molecule has 1 N–H and O–H groups in total. The van der Waals surface area contributed by atoms with E-state index < -0.39 is 5.41 Å². The fourth-order valence-corrected chi connectivity index (χ4v) is 2.78. The molecule has 4 rings (SSSR count). The number of nitrogens with one attached hydrogen (secondary N) is 1. The molecule has 7 heteroatoms. The molecule has 0 aliphatic carbocycles. The van der Waals surface area contributed by atoms with Gasteiger partial charge in [0.1, 0.15) is 5.69 Å². The number of carbonyl (C=O) groups is 1. The Morgan fingerprint density at radius 1 is 1.04 bits per heavy atom. The largest absolute Gasteiger partial charge is 0.292 e. The second kappa shape index (κ2) is 6.11. The second-order valence-electron chi connectivity index (χ2n) is 6.49. The van der Waals surface area contributed by atoms with E-state index in [1.807, 2.05) is 68.6 Å². The molecule has 0 saturated carbocycles. The van der Waals surface area contributed by atoms with Crippen LogP contribution in [0.1, 0.15) is 19.4 Å². The molecule has 130 valence electrons. The molecule has 1 aromatic carbocycles. The third-order valence-corrected chi connectivity index (χ3v) is 4.38. The van der Waals surface area contributed by atoms with E-state index in [1.165, 1.54) is 0 Å². The maximum absolute atomic E-state index is 12.8. The number of benzene rings is 1. The summed E-state index contributed by atoms with van der Waals surface area (Å²) in [6, 6.07) is 15.2. The van der Waals surface area contributed by atoms with Crippen LogP contribution in [0.15, 0.2) is 67.1 Å². The van der Waals surface area contributed by atoms with Crippen molar-refractivity contribution in [2.24, 2.45) is 0 Å². The summed E-state index contributed by atoms with van der Waals surface area (Å²) in [7, 11) is 0. The molecule has 3 heterocycles. The summed E-state index contributed by atoms with van der Waals surface area (Å²) in [4.78, 5) is 17.3. The minimum Gasteiger partial charge on any atom is -0.292 e. The SMILES string of the molecule is CC(C)(C(=O)Nc1nc2c(-n3cccn3)cccn2n1)c1ccccc1. The monoisotopic (exact) mass is 346 g/mol. The molecular weight excluding hydrogens is 328 g/mol. The van der Waals surface area contributed by atoms with Crippen molar-refractivity contribution in [3.8, 4) is 5.69 Å². The first-order chi connectivity index (χ1) is 12.6. The van der Waals surface area contributed by atoms with E-state index in [1.54, 1.807) is 21.6 Å². The minimum absolute atomic E-state index is 0.166. The van der Waals surface area contributed by atoms with Gasteiger partial charge in [-0.1, -0.05) is 30.3 Å². The summed E-state index contributed by atoms with van der Waals surface area (Å²) in [5.74, 6) is 0.0962. The highest BCUT2D eigenvalue weighted by Gasteiger charge is 2.30. The zero-order valence-electron chi connectivity index (χ0n) is 14.5. The van der Waals surface area contributed by atoms with Gasteiger partial charge < -0.3 is 0 Å². The number of rotatable bonds is 4. The Kier molecular flexibility index (Phi) is 3.76. The van der Waals surface area contributed by atoms with Crippen LogP contribution in [0.5, 0.6) is 0 Å². The van der Waals surface area contributed by atoms with Crippen molar-refractivity contribution in [3.05, 3.63) is 72.7 Å². The molecular formula is C19H18N6O. The van der Waals surface area contributed by atoms with Crippen molar-refractivity contribution in [2.75, 3.05) is 5.32 Å². The molecule has 0 spiro atoms. The van der Waals surface area contributed by atoms with E-state index in [2.05, 4.69) is 20.5 Å². The average molecular weight is 346 g/mol. The Hall–Kier alpha value is -3.48. The minimum atomic E-state index is -0.705. The Bertz CT molecular complexity index is 1050. The highest BCUT2D eigenvalue weighted by molar-refractivity contribution is 5.97. The molecule has 26 heavy (non-hydrogen) atoms. The molecule has 7 nitrogen and oxygen atoms in total. The molecule has 0 bridgehead atoms. The molecule has 0 atom stereocenters. The molecule has 0 unspecified atom stereocenters. The number of aromatic nitrogens is 5.